The maximum absolute atomic E-state index is 12.7. The SMILES string of the molecule is Cc1nnc(-c2ccc3nnc(NC(=O)c4cn(C5CCN(C)CC5)nn4)cc3c2)s1. The van der Waals surface area contributed by atoms with Crippen LogP contribution in [0.25, 0.3) is 21.5 Å². The predicted molar refractivity (Wildman–Crippen MR) is 117 cm³/mol. The van der Waals surface area contributed by atoms with E-state index in [1.54, 1.807) is 16.9 Å². The Hall–Kier alpha value is -3.31. The number of hydrogen-bond donors (Lipinski definition) is 1. The van der Waals surface area contributed by atoms with Crippen molar-refractivity contribution in [3.63, 3.8) is 0 Å². The molecular weight excluding hydrogens is 414 g/mol. The molecule has 10 nitrogen and oxygen atoms in total. The molecule has 0 spiro atoms. The van der Waals surface area contributed by atoms with E-state index in [0.717, 1.165) is 52.4 Å². The first kappa shape index (κ1) is 19.6. The number of nitrogens with zero attached hydrogens (tertiary/aromatic N) is 8. The Balaban J connectivity index is 1.33. The number of nitrogens with one attached hydrogen (secondary N) is 1. The Bertz CT molecular complexity index is 1240. The minimum Gasteiger partial charge on any atom is -0.306 e. The summed E-state index contributed by atoms with van der Waals surface area (Å²) in [6.07, 6.45) is 3.69. The van der Waals surface area contributed by atoms with Crippen molar-refractivity contribution >= 4 is 34.0 Å². The first-order valence-electron chi connectivity index (χ1n) is 10.0. The maximum atomic E-state index is 12.7. The molecule has 1 fully saturated rings. The second-order valence-electron chi connectivity index (χ2n) is 7.70. The van der Waals surface area contributed by atoms with E-state index in [0.29, 0.717) is 5.82 Å². The summed E-state index contributed by atoms with van der Waals surface area (Å²) >= 11 is 1.53. The molecule has 0 bridgehead atoms. The number of hydrogen-bond acceptors (Lipinski definition) is 9. The summed E-state index contributed by atoms with van der Waals surface area (Å²) in [6, 6.07) is 7.85. The molecule has 0 radical (unpaired) electrons. The molecule has 1 aromatic carbocycles. The second kappa shape index (κ2) is 8.08. The summed E-state index contributed by atoms with van der Waals surface area (Å²) in [5.74, 6) is 0.000617. The zero-order valence-electron chi connectivity index (χ0n) is 17.2. The molecule has 5 rings (SSSR count). The lowest BCUT2D eigenvalue weighted by Crippen LogP contribution is -2.31. The predicted octanol–water partition coefficient (Wildman–Crippen LogP) is 2.57. The van der Waals surface area contributed by atoms with Gasteiger partial charge in [0.25, 0.3) is 5.91 Å². The van der Waals surface area contributed by atoms with Crippen molar-refractivity contribution in [2.45, 2.75) is 25.8 Å². The van der Waals surface area contributed by atoms with Gasteiger partial charge in [-0.3, -0.25) is 4.79 Å². The van der Waals surface area contributed by atoms with Gasteiger partial charge in [0.05, 0.1) is 17.8 Å². The van der Waals surface area contributed by atoms with Gasteiger partial charge in [-0.25, -0.2) is 4.68 Å². The molecule has 1 amide bonds. The van der Waals surface area contributed by atoms with E-state index in [2.05, 4.69) is 48.0 Å². The van der Waals surface area contributed by atoms with Crippen LogP contribution in [-0.4, -0.2) is 66.3 Å². The van der Waals surface area contributed by atoms with Crippen molar-refractivity contribution in [3.8, 4) is 10.6 Å². The van der Waals surface area contributed by atoms with Crippen LogP contribution in [-0.2, 0) is 0 Å². The molecule has 31 heavy (non-hydrogen) atoms. The van der Waals surface area contributed by atoms with E-state index in [4.69, 9.17) is 0 Å². The zero-order chi connectivity index (χ0) is 21.4. The third kappa shape index (κ3) is 4.14. The van der Waals surface area contributed by atoms with E-state index < -0.39 is 0 Å². The monoisotopic (exact) mass is 435 g/mol. The van der Waals surface area contributed by atoms with E-state index >= 15 is 0 Å². The van der Waals surface area contributed by atoms with Crippen LogP contribution in [0, 0.1) is 6.92 Å². The van der Waals surface area contributed by atoms with Crippen LogP contribution in [0.1, 0.15) is 34.4 Å². The Morgan fingerprint density at radius 1 is 1.10 bits per heavy atom. The van der Waals surface area contributed by atoms with Gasteiger partial charge in [-0.15, -0.1) is 25.5 Å². The van der Waals surface area contributed by atoms with Crippen LogP contribution in [0.4, 0.5) is 5.82 Å². The zero-order valence-corrected chi connectivity index (χ0v) is 18.0. The molecule has 1 N–H and O–H groups in total. The quantitative estimate of drug-likeness (QED) is 0.520. The number of aryl methyl sites for hydroxylation is 1. The van der Waals surface area contributed by atoms with Gasteiger partial charge in [0.1, 0.15) is 10.0 Å². The minimum atomic E-state index is -0.358. The van der Waals surface area contributed by atoms with Gasteiger partial charge in [-0.1, -0.05) is 16.6 Å². The smallest absolute Gasteiger partial charge is 0.279 e. The molecule has 4 aromatic rings. The molecular formula is C20H21N9OS. The Morgan fingerprint density at radius 2 is 1.94 bits per heavy atom. The minimum absolute atomic E-state index is 0.263. The topological polar surface area (TPSA) is 115 Å². The first-order chi connectivity index (χ1) is 15.0. The van der Waals surface area contributed by atoms with Crippen molar-refractivity contribution < 1.29 is 4.79 Å². The molecule has 158 valence electrons. The lowest BCUT2D eigenvalue weighted by molar-refractivity contribution is 0.102. The Kier molecular flexibility index (Phi) is 5.12. The van der Waals surface area contributed by atoms with Gasteiger partial charge in [-0.2, -0.15) is 0 Å². The lowest BCUT2D eigenvalue weighted by atomic mass is 10.1. The van der Waals surface area contributed by atoms with E-state index in [1.165, 1.54) is 11.3 Å². The normalized spacial score (nSPS) is 15.4. The van der Waals surface area contributed by atoms with E-state index in [-0.39, 0.29) is 17.6 Å². The van der Waals surface area contributed by atoms with Gasteiger partial charge in [0, 0.05) is 10.9 Å². The van der Waals surface area contributed by atoms with Crippen LogP contribution in [0.3, 0.4) is 0 Å². The average molecular weight is 436 g/mol. The van der Waals surface area contributed by atoms with Gasteiger partial charge in [-0.05, 0) is 64.2 Å². The molecule has 3 aromatic heterocycles. The summed E-state index contributed by atoms with van der Waals surface area (Å²) in [5, 5.41) is 30.2. The van der Waals surface area contributed by atoms with Crippen LogP contribution in [0.5, 0.6) is 0 Å². The third-order valence-electron chi connectivity index (χ3n) is 5.40. The van der Waals surface area contributed by atoms with Crippen molar-refractivity contribution in [2.75, 3.05) is 25.5 Å². The molecule has 0 aliphatic carbocycles. The average Bonchev–Trinajstić information content (AvgIpc) is 3.43. The highest BCUT2D eigenvalue weighted by Crippen LogP contribution is 2.27. The second-order valence-corrected chi connectivity index (χ2v) is 8.88. The molecule has 0 atom stereocenters. The molecule has 1 aliphatic heterocycles. The van der Waals surface area contributed by atoms with E-state index in [1.807, 2.05) is 25.1 Å². The fraction of sp³-hybridized carbons (Fsp3) is 0.350. The van der Waals surface area contributed by atoms with Crippen LogP contribution < -0.4 is 5.32 Å². The number of likely N-dealkylation sites (tertiary alicyclic amines) is 1. The number of benzene rings is 1. The largest absolute Gasteiger partial charge is 0.306 e. The van der Waals surface area contributed by atoms with Crippen molar-refractivity contribution in [1.82, 2.24) is 40.3 Å². The third-order valence-corrected chi connectivity index (χ3v) is 6.29. The van der Waals surface area contributed by atoms with Gasteiger partial charge >= 0.3 is 0 Å². The summed E-state index contributed by atoms with van der Waals surface area (Å²) < 4.78 is 1.80. The Labute approximate surface area is 182 Å². The van der Waals surface area contributed by atoms with Crippen molar-refractivity contribution in [1.29, 1.82) is 0 Å². The number of amides is 1. The number of anilines is 1. The maximum Gasteiger partial charge on any atom is 0.279 e. The number of piperidine rings is 1. The fourth-order valence-electron chi connectivity index (χ4n) is 3.65. The molecule has 4 heterocycles. The standard InChI is InChI=1S/C20H21N9OS/c1-12-22-26-20(31-12)13-3-4-16-14(9-13)10-18(25-23-16)21-19(30)17-11-29(27-24-17)15-5-7-28(2)8-6-15/h3-4,9-11,15H,5-8H2,1-2H3,(H,21,25,30). The highest BCUT2D eigenvalue weighted by molar-refractivity contribution is 7.14. The summed E-state index contributed by atoms with van der Waals surface area (Å²) in [4.78, 5) is 15.0. The number of carbonyl (C=O) groups excluding carboxylic acids is 1. The van der Waals surface area contributed by atoms with Crippen molar-refractivity contribution in [3.05, 3.63) is 41.2 Å². The summed E-state index contributed by atoms with van der Waals surface area (Å²) in [5.41, 5.74) is 1.94. The van der Waals surface area contributed by atoms with Crippen LogP contribution >= 0.6 is 11.3 Å². The van der Waals surface area contributed by atoms with Gasteiger partial charge < -0.3 is 10.2 Å². The summed E-state index contributed by atoms with van der Waals surface area (Å²) in [7, 11) is 2.11. The van der Waals surface area contributed by atoms with Crippen molar-refractivity contribution in [2.24, 2.45) is 0 Å². The molecule has 0 saturated carbocycles. The first-order valence-corrected chi connectivity index (χ1v) is 10.9. The number of carbonyl (C=O) groups is 1. The number of fused-ring (bicyclic) bond motifs is 1. The van der Waals surface area contributed by atoms with E-state index in [9.17, 15) is 4.79 Å². The molecule has 1 saturated heterocycles. The number of rotatable bonds is 4. The van der Waals surface area contributed by atoms with Crippen LogP contribution in [0.2, 0.25) is 0 Å². The highest BCUT2D eigenvalue weighted by Gasteiger charge is 2.21. The van der Waals surface area contributed by atoms with Gasteiger partial charge in [0.2, 0.25) is 0 Å². The van der Waals surface area contributed by atoms with Crippen LogP contribution in [0.15, 0.2) is 30.5 Å². The highest BCUT2D eigenvalue weighted by atomic mass is 32.1. The Morgan fingerprint density at radius 3 is 2.71 bits per heavy atom. The number of aromatic nitrogens is 7. The summed E-state index contributed by atoms with van der Waals surface area (Å²) in [6.45, 7) is 3.94. The lowest BCUT2D eigenvalue weighted by Gasteiger charge is -2.28. The fourth-order valence-corrected chi connectivity index (χ4v) is 4.34. The molecule has 1 aliphatic rings. The molecule has 11 heteroatoms. The molecule has 0 unspecified atom stereocenters. The van der Waals surface area contributed by atoms with Gasteiger partial charge in [0.15, 0.2) is 11.5 Å².